The third-order valence-corrected chi connectivity index (χ3v) is 7.23. The fourth-order valence-corrected chi connectivity index (χ4v) is 4.67. The summed E-state index contributed by atoms with van der Waals surface area (Å²) in [6.07, 6.45) is 6.55. The van der Waals surface area contributed by atoms with Crippen molar-refractivity contribution >= 4 is 36.5 Å². The van der Waals surface area contributed by atoms with Crippen LogP contribution in [0, 0.1) is 17.1 Å². The summed E-state index contributed by atoms with van der Waals surface area (Å²) < 4.78 is 32.3. The molecule has 43 heavy (non-hydrogen) atoms. The van der Waals surface area contributed by atoms with Crippen molar-refractivity contribution in [2.24, 2.45) is 5.92 Å². The van der Waals surface area contributed by atoms with Gasteiger partial charge in [-0.25, -0.2) is 4.39 Å². The molecule has 1 aliphatic carbocycles. The second-order valence-corrected chi connectivity index (χ2v) is 10.4. The Balaban J connectivity index is 1.40. The topological polar surface area (TPSA) is 122 Å². The highest BCUT2D eigenvalue weighted by Crippen LogP contribution is 2.29. The second kappa shape index (κ2) is 14.5. The van der Waals surface area contributed by atoms with Gasteiger partial charge < -0.3 is 30.2 Å². The summed E-state index contributed by atoms with van der Waals surface area (Å²) in [4.78, 5) is 24.9. The van der Waals surface area contributed by atoms with Gasteiger partial charge in [-0.2, -0.15) is 0 Å². The first-order valence-electron chi connectivity index (χ1n) is 14.1. The molecule has 0 spiro atoms. The number of halogens is 1. The van der Waals surface area contributed by atoms with E-state index in [2.05, 4.69) is 22.5 Å². The fraction of sp³-hybridized carbons (Fsp3) is 0.281. The quantitative estimate of drug-likeness (QED) is 0.193. The number of carbonyl (C=O) groups is 2. The SMILES string of the molecule is Bc1ccc(C(C)NC(=O)C(=O)Nc2ccc(O/C(C=C)=C3\C=C(OC)C(OCC4CCNCC4)=CC3=N)c(F)c2)cc1. The Morgan fingerprint density at radius 3 is 2.51 bits per heavy atom. The van der Waals surface area contributed by atoms with Gasteiger partial charge in [0.25, 0.3) is 0 Å². The van der Waals surface area contributed by atoms with Crippen LogP contribution in [0.1, 0.15) is 31.4 Å². The number of hydrogen-bond donors (Lipinski definition) is 4. The lowest BCUT2D eigenvalue weighted by molar-refractivity contribution is -0.136. The number of amides is 2. The van der Waals surface area contributed by atoms with Crippen LogP contribution >= 0.6 is 0 Å². The molecule has 0 saturated carbocycles. The van der Waals surface area contributed by atoms with Crippen LogP contribution in [0.4, 0.5) is 10.1 Å². The van der Waals surface area contributed by atoms with Gasteiger partial charge in [-0.15, -0.1) is 0 Å². The molecule has 224 valence electrons. The molecule has 2 aromatic carbocycles. The van der Waals surface area contributed by atoms with Crippen molar-refractivity contribution < 1.29 is 28.2 Å². The number of anilines is 1. The Labute approximate surface area is 251 Å². The molecule has 4 rings (SSSR count). The van der Waals surface area contributed by atoms with E-state index in [4.69, 9.17) is 19.6 Å². The van der Waals surface area contributed by atoms with E-state index < -0.39 is 23.7 Å². The van der Waals surface area contributed by atoms with E-state index in [9.17, 15) is 9.59 Å². The zero-order valence-electron chi connectivity index (χ0n) is 24.6. The predicted octanol–water partition coefficient (Wildman–Crippen LogP) is 3.18. The van der Waals surface area contributed by atoms with Gasteiger partial charge in [0.2, 0.25) is 0 Å². The maximum absolute atomic E-state index is 15.0. The van der Waals surface area contributed by atoms with Crippen LogP contribution in [0.25, 0.3) is 0 Å². The minimum Gasteiger partial charge on any atom is -0.493 e. The summed E-state index contributed by atoms with van der Waals surface area (Å²) in [5.74, 6) is -1.31. The minimum atomic E-state index is -0.932. The molecule has 1 fully saturated rings. The maximum atomic E-state index is 15.0. The molecule has 1 atom stereocenters. The van der Waals surface area contributed by atoms with E-state index >= 15 is 4.39 Å². The van der Waals surface area contributed by atoms with Gasteiger partial charge in [-0.1, -0.05) is 36.3 Å². The van der Waals surface area contributed by atoms with E-state index in [1.165, 1.54) is 25.3 Å². The molecule has 2 aliphatic rings. The van der Waals surface area contributed by atoms with E-state index in [1.807, 2.05) is 32.1 Å². The molecule has 0 radical (unpaired) electrons. The lowest BCUT2D eigenvalue weighted by Crippen LogP contribution is -2.37. The third kappa shape index (κ3) is 8.23. The van der Waals surface area contributed by atoms with Crippen LogP contribution in [-0.2, 0) is 19.1 Å². The maximum Gasteiger partial charge on any atom is 0.313 e. The molecule has 2 aromatic rings. The Morgan fingerprint density at radius 1 is 1.14 bits per heavy atom. The van der Waals surface area contributed by atoms with Crippen LogP contribution in [0.2, 0.25) is 0 Å². The van der Waals surface area contributed by atoms with Crippen LogP contribution in [0.5, 0.6) is 5.75 Å². The van der Waals surface area contributed by atoms with Crippen LogP contribution in [0.3, 0.4) is 0 Å². The van der Waals surface area contributed by atoms with Gasteiger partial charge in [-0.3, -0.25) is 15.0 Å². The first kappa shape index (κ1) is 31.3. The van der Waals surface area contributed by atoms with Gasteiger partial charge in [0, 0.05) is 23.4 Å². The fourth-order valence-electron chi connectivity index (χ4n) is 4.67. The number of allylic oxidation sites excluding steroid dienone is 4. The summed E-state index contributed by atoms with van der Waals surface area (Å²) in [5, 5.41) is 16.9. The molecule has 1 unspecified atom stereocenters. The van der Waals surface area contributed by atoms with Crippen molar-refractivity contribution in [2.45, 2.75) is 25.8 Å². The number of rotatable bonds is 10. The number of methoxy groups -OCH3 is 1. The summed E-state index contributed by atoms with van der Waals surface area (Å²) >= 11 is 0. The Bertz CT molecular complexity index is 1480. The molecule has 0 bridgehead atoms. The summed E-state index contributed by atoms with van der Waals surface area (Å²) in [6.45, 7) is 7.95. The first-order chi connectivity index (χ1) is 20.7. The van der Waals surface area contributed by atoms with E-state index in [0.717, 1.165) is 43.0 Å². The van der Waals surface area contributed by atoms with Crippen LogP contribution in [-0.4, -0.2) is 52.2 Å². The van der Waals surface area contributed by atoms with Crippen molar-refractivity contribution in [2.75, 3.05) is 32.1 Å². The van der Waals surface area contributed by atoms with Crippen LogP contribution < -0.4 is 26.2 Å². The van der Waals surface area contributed by atoms with E-state index in [0.29, 0.717) is 29.6 Å². The highest BCUT2D eigenvalue weighted by molar-refractivity contribution is 6.39. The summed E-state index contributed by atoms with van der Waals surface area (Å²) in [7, 11) is 3.46. The second-order valence-electron chi connectivity index (χ2n) is 10.4. The normalized spacial score (nSPS) is 17.1. The van der Waals surface area contributed by atoms with Crippen molar-refractivity contribution in [1.29, 1.82) is 5.41 Å². The zero-order valence-corrected chi connectivity index (χ0v) is 24.6. The predicted molar refractivity (Wildman–Crippen MR) is 167 cm³/mol. The zero-order chi connectivity index (χ0) is 30.9. The highest BCUT2D eigenvalue weighted by Gasteiger charge is 2.23. The number of nitrogens with one attached hydrogen (secondary N) is 4. The van der Waals surface area contributed by atoms with Gasteiger partial charge in [0.1, 0.15) is 13.6 Å². The molecule has 1 saturated heterocycles. The van der Waals surface area contributed by atoms with Crippen molar-refractivity contribution in [3.63, 3.8) is 0 Å². The Hall–Kier alpha value is -4.64. The van der Waals surface area contributed by atoms with Gasteiger partial charge in [0.15, 0.2) is 23.1 Å². The van der Waals surface area contributed by atoms with Crippen LogP contribution in [0.15, 0.2) is 90.1 Å². The highest BCUT2D eigenvalue weighted by atomic mass is 19.1. The van der Waals surface area contributed by atoms with E-state index in [1.54, 1.807) is 19.1 Å². The number of benzene rings is 2. The lowest BCUT2D eigenvalue weighted by Gasteiger charge is -2.25. The molecule has 0 aromatic heterocycles. The molecule has 4 N–H and O–H groups in total. The Morgan fingerprint density at radius 2 is 1.86 bits per heavy atom. The van der Waals surface area contributed by atoms with Gasteiger partial charge >= 0.3 is 11.8 Å². The molecule has 1 heterocycles. The number of hydrogen-bond acceptors (Lipinski definition) is 7. The number of piperidine rings is 1. The third-order valence-electron chi connectivity index (χ3n) is 7.23. The molecule has 9 nitrogen and oxygen atoms in total. The van der Waals surface area contributed by atoms with E-state index in [-0.39, 0.29) is 22.9 Å². The van der Waals surface area contributed by atoms with Crippen molar-refractivity contribution in [3.05, 3.63) is 102 Å². The van der Waals surface area contributed by atoms with Crippen molar-refractivity contribution in [3.8, 4) is 5.75 Å². The molecular weight excluding hydrogens is 550 g/mol. The Kier molecular flexibility index (Phi) is 10.6. The molecule has 1 aliphatic heterocycles. The standard InChI is InChI=1S/C32H36BFN4O5/c1-4-27(24-16-29(41-3)30(17-26(24)35)42-18-20-11-13-36-14-12-20)43-28-10-9-23(15-25(28)34)38-32(40)31(39)37-19(2)21-5-7-22(33)8-6-21/h4-10,15-17,19-20,35-36H,1,11-14,18,33H2,2-3H3,(H,37,39)(H,38,40)/b27-24+,35-26?. The summed E-state index contributed by atoms with van der Waals surface area (Å²) in [6, 6.07) is 11.0. The molecular formula is C32H36BFN4O5. The minimum absolute atomic E-state index is 0.0752. The first-order valence-corrected chi connectivity index (χ1v) is 14.1. The number of carbonyl (C=O) groups excluding carboxylic acids is 2. The smallest absolute Gasteiger partial charge is 0.313 e. The monoisotopic (exact) mass is 586 g/mol. The average Bonchev–Trinajstić information content (AvgIpc) is 3.00. The largest absolute Gasteiger partial charge is 0.493 e. The summed E-state index contributed by atoms with van der Waals surface area (Å²) in [5.41, 5.74) is 2.43. The van der Waals surface area contributed by atoms with Crippen molar-refractivity contribution in [1.82, 2.24) is 10.6 Å². The van der Waals surface area contributed by atoms with Gasteiger partial charge in [0.05, 0.1) is 25.5 Å². The lowest BCUT2D eigenvalue weighted by atomic mass is 9.94. The molecule has 2 amide bonds. The molecule has 11 heteroatoms. The average molecular weight is 586 g/mol. The number of ether oxygens (including phenoxy) is 3. The van der Waals surface area contributed by atoms with Gasteiger partial charge in [-0.05, 0) is 68.6 Å².